The molecule has 2 nitrogen and oxygen atoms in total. The Bertz CT molecular complexity index is 416. The smallest absolute Gasteiger partial charge is 0.379 e. The first-order valence-electron chi connectivity index (χ1n) is 5.51. The second kappa shape index (κ2) is 5.48. The summed E-state index contributed by atoms with van der Waals surface area (Å²) in [6.45, 7) is 4.41. The van der Waals surface area contributed by atoms with Crippen molar-refractivity contribution in [2.45, 2.75) is 32.0 Å². The predicted molar refractivity (Wildman–Crippen MR) is 70.5 cm³/mol. The maximum absolute atomic E-state index is 12.5. The van der Waals surface area contributed by atoms with E-state index < -0.39 is 11.7 Å². The van der Waals surface area contributed by atoms with Crippen molar-refractivity contribution < 1.29 is 13.2 Å². The van der Waals surface area contributed by atoms with Crippen LogP contribution in [0.3, 0.4) is 0 Å². The van der Waals surface area contributed by atoms with Crippen molar-refractivity contribution in [1.29, 1.82) is 0 Å². The lowest BCUT2D eigenvalue weighted by molar-refractivity contribution is -0.137. The normalized spacial score (nSPS) is 12.6. The van der Waals surface area contributed by atoms with E-state index in [-0.39, 0.29) is 5.54 Å². The first kappa shape index (κ1) is 15.3. The van der Waals surface area contributed by atoms with Gasteiger partial charge in [0.2, 0.25) is 0 Å². The largest absolute Gasteiger partial charge is 0.416 e. The van der Waals surface area contributed by atoms with Crippen LogP contribution < -0.4 is 11.1 Å². The molecule has 6 heteroatoms. The topological polar surface area (TPSA) is 38.0 Å². The molecule has 1 rings (SSSR count). The summed E-state index contributed by atoms with van der Waals surface area (Å²) in [6, 6.07) is 3.55. The number of nitrogens with one attached hydrogen (secondary N) is 1. The number of hydrogen-bond acceptors (Lipinski definition) is 2. The van der Waals surface area contributed by atoms with Crippen LogP contribution in [-0.4, -0.2) is 12.1 Å². The average molecular weight is 325 g/mol. The maximum atomic E-state index is 12.5. The zero-order valence-corrected chi connectivity index (χ0v) is 11.8. The molecular weight excluding hydrogens is 309 g/mol. The van der Waals surface area contributed by atoms with Gasteiger partial charge >= 0.3 is 6.18 Å². The first-order valence-corrected chi connectivity index (χ1v) is 6.30. The molecule has 1 aromatic carbocycles. The van der Waals surface area contributed by atoms with Gasteiger partial charge in [-0.05, 0) is 60.9 Å². The van der Waals surface area contributed by atoms with E-state index in [1.54, 1.807) is 0 Å². The molecule has 0 saturated heterocycles. The fourth-order valence-corrected chi connectivity index (χ4v) is 2.06. The Balaban J connectivity index is 2.93. The third kappa shape index (κ3) is 4.17. The quantitative estimate of drug-likeness (QED) is 0.878. The predicted octanol–water partition coefficient (Wildman–Crippen LogP) is 4.01. The number of anilines is 1. The standard InChI is InChI=1S/C12H16BrF3N2/c1-11(2,5-6-17)18-10-4-3-8(7-9(10)13)12(14,15)16/h3-4,7,18H,5-6,17H2,1-2H3. The summed E-state index contributed by atoms with van der Waals surface area (Å²) in [5, 5.41) is 3.17. The minimum absolute atomic E-state index is 0.267. The van der Waals surface area contributed by atoms with Crippen LogP contribution in [0.5, 0.6) is 0 Å². The Morgan fingerprint density at radius 1 is 1.28 bits per heavy atom. The van der Waals surface area contributed by atoms with Crippen molar-refractivity contribution >= 4 is 21.6 Å². The van der Waals surface area contributed by atoms with Gasteiger partial charge < -0.3 is 11.1 Å². The monoisotopic (exact) mass is 324 g/mol. The van der Waals surface area contributed by atoms with Gasteiger partial charge in [0, 0.05) is 15.7 Å². The van der Waals surface area contributed by atoms with Gasteiger partial charge in [-0.1, -0.05) is 0 Å². The highest BCUT2D eigenvalue weighted by atomic mass is 79.9. The van der Waals surface area contributed by atoms with E-state index in [0.29, 0.717) is 16.7 Å². The highest BCUT2D eigenvalue weighted by Crippen LogP contribution is 2.34. The van der Waals surface area contributed by atoms with E-state index in [4.69, 9.17) is 5.73 Å². The van der Waals surface area contributed by atoms with Crippen LogP contribution in [0.2, 0.25) is 0 Å². The number of benzene rings is 1. The molecule has 3 N–H and O–H groups in total. The Hall–Kier alpha value is -0.750. The second-order valence-corrected chi connectivity index (χ2v) is 5.59. The van der Waals surface area contributed by atoms with E-state index in [1.165, 1.54) is 6.07 Å². The van der Waals surface area contributed by atoms with Crippen molar-refractivity contribution in [2.75, 3.05) is 11.9 Å². The molecular formula is C12H16BrF3N2. The van der Waals surface area contributed by atoms with Crippen molar-refractivity contribution in [2.24, 2.45) is 5.73 Å². The molecule has 0 bridgehead atoms. The highest BCUT2D eigenvalue weighted by molar-refractivity contribution is 9.10. The van der Waals surface area contributed by atoms with Gasteiger partial charge in [-0.2, -0.15) is 13.2 Å². The van der Waals surface area contributed by atoms with Crippen LogP contribution >= 0.6 is 15.9 Å². The summed E-state index contributed by atoms with van der Waals surface area (Å²) in [7, 11) is 0. The molecule has 0 unspecified atom stereocenters. The molecule has 0 amide bonds. The molecule has 0 heterocycles. The Morgan fingerprint density at radius 3 is 2.33 bits per heavy atom. The average Bonchev–Trinajstić information content (AvgIpc) is 2.19. The minimum Gasteiger partial charge on any atom is -0.379 e. The molecule has 0 aliphatic rings. The minimum atomic E-state index is -4.33. The number of alkyl halides is 3. The fraction of sp³-hybridized carbons (Fsp3) is 0.500. The van der Waals surface area contributed by atoms with Crippen molar-refractivity contribution in [1.82, 2.24) is 0 Å². The van der Waals surface area contributed by atoms with Crippen LogP contribution in [0.1, 0.15) is 25.8 Å². The Kier molecular flexibility index (Phi) is 4.66. The molecule has 0 aromatic heterocycles. The fourth-order valence-electron chi connectivity index (χ4n) is 1.58. The van der Waals surface area contributed by atoms with Gasteiger partial charge in [0.25, 0.3) is 0 Å². The van der Waals surface area contributed by atoms with E-state index in [0.717, 1.165) is 18.6 Å². The Labute approximate surface area is 113 Å². The molecule has 0 atom stereocenters. The molecule has 0 radical (unpaired) electrons. The summed E-state index contributed by atoms with van der Waals surface area (Å²) in [4.78, 5) is 0. The summed E-state index contributed by atoms with van der Waals surface area (Å²) in [5.74, 6) is 0. The van der Waals surface area contributed by atoms with E-state index in [9.17, 15) is 13.2 Å². The van der Waals surface area contributed by atoms with Gasteiger partial charge in [-0.25, -0.2) is 0 Å². The van der Waals surface area contributed by atoms with E-state index in [2.05, 4.69) is 21.2 Å². The SMILES string of the molecule is CC(C)(CCN)Nc1ccc(C(F)(F)F)cc1Br. The second-order valence-electron chi connectivity index (χ2n) is 4.74. The Morgan fingerprint density at radius 2 is 1.89 bits per heavy atom. The van der Waals surface area contributed by atoms with E-state index >= 15 is 0 Å². The van der Waals surface area contributed by atoms with Gasteiger partial charge in [-0.15, -0.1) is 0 Å². The summed E-state index contributed by atoms with van der Waals surface area (Å²) >= 11 is 3.15. The summed E-state index contributed by atoms with van der Waals surface area (Å²) in [5.41, 5.74) is 5.18. The lowest BCUT2D eigenvalue weighted by Gasteiger charge is -2.28. The van der Waals surface area contributed by atoms with Gasteiger partial charge in [-0.3, -0.25) is 0 Å². The zero-order valence-electron chi connectivity index (χ0n) is 10.2. The third-order valence-corrected chi connectivity index (χ3v) is 3.19. The molecule has 0 spiro atoms. The lowest BCUT2D eigenvalue weighted by atomic mass is 10.00. The van der Waals surface area contributed by atoms with Crippen molar-refractivity contribution in [3.8, 4) is 0 Å². The number of nitrogens with two attached hydrogens (primary N) is 1. The highest BCUT2D eigenvalue weighted by Gasteiger charge is 2.31. The molecule has 102 valence electrons. The van der Waals surface area contributed by atoms with Crippen LogP contribution in [0.15, 0.2) is 22.7 Å². The molecule has 0 fully saturated rings. The summed E-state index contributed by atoms with van der Waals surface area (Å²) < 4.78 is 37.9. The molecule has 1 aromatic rings. The molecule has 0 saturated carbocycles. The van der Waals surface area contributed by atoms with Crippen molar-refractivity contribution in [3.63, 3.8) is 0 Å². The third-order valence-electron chi connectivity index (χ3n) is 2.54. The molecule has 0 aliphatic heterocycles. The van der Waals surface area contributed by atoms with Crippen LogP contribution in [0, 0.1) is 0 Å². The maximum Gasteiger partial charge on any atom is 0.416 e. The molecule has 18 heavy (non-hydrogen) atoms. The van der Waals surface area contributed by atoms with Gasteiger partial charge in [0.05, 0.1) is 5.56 Å². The van der Waals surface area contributed by atoms with Gasteiger partial charge in [0.1, 0.15) is 0 Å². The number of hydrogen-bond donors (Lipinski definition) is 2. The van der Waals surface area contributed by atoms with Crippen LogP contribution in [0.25, 0.3) is 0 Å². The van der Waals surface area contributed by atoms with Gasteiger partial charge in [0.15, 0.2) is 0 Å². The summed E-state index contributed by atoms with van der Waals surface area (Å²) in [6.07, 6.45) is -3.60. The molecule has 0 aliphatic carbocycles. The number of halogens is 4. The van der Waals surface area contributed by atoms with E-state index in [1.807, 2.05) is 13.8 Å². The zero-order chi connectivity index (χ0) is 14.0. The lowest BCUT2D eigenvalue weighted by Crippen LogP contribution is -2.33. The van der Waals surface area contributed by atoms with Crippen LogP contribution in [-0.2, 0) is 6.18 Å². The van der Waals surface area contributed by atoms with Crippen LogP contribution in [0.4, 0.5) is 18.9 Å². The number of rotatable bonds is 4. The first-order chi connectivity index (χ1) is 8.15. The van der Waals surface area contributed by atoms with Crippen molar-refractivity contribution in [3.05, 3.63) is 28.2 Å².